The van der Waals surface area contributed by atoms with Crippen LogP contribution in [0, 0.1) is 0 Å². The lowest BCUT2D eigenvalue weighted by atomic mass is 10.1. The number of nitrogens with zero attached hydrogens (tertiary/aromatic N) is 4. The lowest BCUT2D eigenvalue weighted by molar-refractivity contribution is 0.138. The Kier molecular flexibility index (Phi) is 4.34. The molecule has 1 amide bonds. The van der Waals surface area contributed by atoms with E-state index < -0.39 is 6.09 Å². The number of aromatic nitrogens is 2. The lowest BCUT2D eigenvalue weighted by Crippen LogP contribution is -2.30. The van der Waals surface area contributed by atoms with Gasteiger partial charge in [0.1, 0.15) is 5.82 Å². The topological polar surface area (TPSA) is 61.6 Å². The Morgan fingerprint density at radius 1 is 1.39 bits per heavy atom. The van der Waals surface area contributed by atoms with Gasteiger partial charge in [-0.1, -0.05) is 18.2 Å². The fourth-order valence-electron chi connectivity index (χ4n) is 3.25. The molecular weight excluding hydrogens is 292 g/mol. The molecule has 1 aliphatic rings. The van der Waals surface area contributed by atoms with Crippen LogP contribution >= 0.6 is 0 Å². The first-order valence-electron chi connectivity index (χ1n) is 7.83. The largest absolute Gasteiger partial charge is 0.465 e. The minimum atomic E-state index is -0.872. The zero-order valence-corrected chi connectivity index (χ0v) is 13.5. The van der Waals surface area contributed by atoms with Crippen LogP contribution in [0.1, 0.15) is 30.3 Å². The Bertz CT molecular complexity index is 695. The molecule has 6 nitrogen and oxygen atoms in total. The van der Waals surface area contributed by atoms with Crippen LogP contribution in [0.2, 0.25) is 0 Å². The molecule has 23 heavy (non-hydrogen) atoms. The van der Waals surface area contributed by atoms with Crippen LogP contribution in [0.3, 0.4) is 0 Å². The number of carboxylic acid groups (broad SMARTS) is 1. The molecule has 6 heteroatoms. The third-order valence-electron chi connectivity index (χ3n) is 4.20. The van der Waals surface area contributed by atoms with Crippen molar-refractivity contribution in [1.29, 1.82) is 0 Å². The fraction of sp³-hybridized carbons (Fsp3) is 0.412. The molecule has 3 rings (SSSR count). The SMILES string of the molecule is CN(C)Cc1ccccc1-n1ccnc1[C@@H]1CCCN1C(=O)O. The van der Waals surface area contributed by atoms with Crippen molar-refractivity contribution in [2.75, 3.05) is 20.6 Å². The van der Waals surface area contributed by atoms with Crippen LogP contribution in [0.15, 0.2) is 36.7 Å². The number of amides is 1. The first-order valence-corrected chi connectivity index (χ1v) is 7.83. The van der Waals surface area contributed by atoms with Crippen molar-refractivity contribution < 1.29 is 9.90 Å². The quantitative estimate of drug-likeness (QED) is 0.942. The number of imidazole rings is 1. The van der Waals surface area contributed by atoms with E-state index in [4.69, 9.17) is 0 Å². The van der Waals surface area contributed by atoms with Gasteiger partial charge in [-0.15, -0.1) is 0 Å². The normalized spacial score (nSPS) is 17.9. The summed E-state index contributed by atoms with van der Waals surface area (Å²) in [6.07, 6.45) is 4.49. The first kappa shape index (κ1) is 15.6. The number of carbonyl (C=O) groups is 1. The van der Waals surface area contributed by atoms with E-state index in [1.165, 1.54) is 10.5 Å². The molecule has 0 saturated carbocycles. The summed E-state index contributed by atoms with van der Waals surface area (Å²) in [4.78, 5) is 19.5. The van der Waals surface area contributed by atoms with Gasteiger partial charge in [0, 0.05) is 25.5 Å². The van der Waals surface area contributed by atoms with Gasteiger partial charge in [0.25, 0.3) is 0 Å². The molecule has 0 radical (unpaired) electrons. The summed E-state index contributed by atoms with van der Waals surface area (Å²) in [6, 6.07) is 8.02. The van der Waals surface area contributed by atoms with Gasteiger partial charge in [-0.05, 0) is 38.6 Å². The van der Waals surface area contributed by atoms with Crippen LogP contribution in [0.4, 0.5) is 4.79 Å². The van der Waals surface area contributed by atoms with Gasteiger partial charge >= 0.3 is 6.09 Å². The monoisotopic (exact) mass is 314 g/mol. The highest BCUT2D eigenvalue weighted by molar-refractivity contribution is 5.66. The van der Waals surface area contributed by atoms with E-state index in [1.807, 2.05) is 37.0 Å². The van der Waals surface area contributed by atoms with Gasteiger partial charge in [-0.2, -0.15) is 0 Å². The molecule has 1 aliphatic heterocycles. The highest BCUT2D eigenvalue weighted by Crippen LogP contribution is 2.32. The van der Waals surface area contributed by atoms with E-state index in [0.29, 0.717) is 6.54 Å². The third kappa shape index (κ3) is 3.07. The van der Waals surface area contributed by atoms with E-state index >= 15 is 0 Å². The maximum atomic E-state index is 11.4. The molecule has 0 unspecified atom stereocenters. The molecule has 2 aromatic rings. The summed E-state index contributed by atoms with van der Waals surface area (Å²) in [7, 11) is 4.07. The summed E-state index contributed by atoms with van der Waals surface area (Å²) in [5, 5.41) is 9.40. The molecule has 1 fully saturated rings. The molecule has 122 valence electrons. The highest BCUT2D eigenvalue weighted by atomic mass is 16.4. The summed E-state index contributed by atoms with van der Waals surface area (Å²) in [6.45, 7) is 1.40. The fourth-order valence-corrected chi connectivity index (χ4v) is 3.25. The van der Waals surface area contributed by atoms with E-state index in [2.05, 4.69) is 22.0 Å². The van der Waals surface area contributed by atoms with Crippen LogP contribution in [-0.4, -0.2) is 51.2 Å². The van der Waals surface area contributed by atoms with Gasteiger partial charge in [-0.25, -0.2) is 9.78 Å². The van der Waals surface area contributed by atoms with Crippen LogP contribution in [0.5, 0.6) is 0 Å². The second-order valence-corrected chi connectivity index (χ2v) is 6.16. The smallest absolute Gasteiger partial charge is 0.407 e. The number of likely N-dealkylation sites (tertiary alicyclic amines) is 1. The Morgan fingerprint density at radius 2 is 2.17 bits per heavy atom. The van der Waals surface area contributed by atoms with Crippen LogP contribution in [0.25, 0.3) is 5.69 Å². The zero-order chi connectivity index (χ0) is 16.4. The van der Waals surface area contributed by atoms with Crippen LogP contribution in [-0.2, 0) is 6.54 Å². The predicted molar refractivity (Wildman–Crippen MR) is 87.7 cm³/mol. The highest BCUT2D eigenvalue weighted by Gasteiger charge is 2.33. The van der Waals surface area contributed by atoms with Crippen molar-refractivity contribution >= 4 is 6.09 Å². The van der Waals surface area contributed by atoms with Crippen molar-refractivity contribution in [2.24, 2.45) is 0 Å². The lowest BCUT2D eigenvalue weighted by Gasteiger charge is -2.23. The van der Waals surface area contributed by atoms with Crippen molar-refractivity contribution in [3.05, 3.63) is 48.0 Å². The van der Waals surface area contributed by atoms with Gasteiger partial charge in [0.05, 0.1) is 11.7 Å². The third-order valence-corrected chi connectivity index (χ3v) is 4.20. The summed E-state index contributed by atoms with van der Waals surface area (Å²) in [5.41, 5.74) is 2.25. The predicted octanol–water partition coefficient (Wildman–Crippen LogP) is 2.75. The summed E-state index contributed by atoms with van der Waals surface area (Å²) >= 11 is 0. The average molecular weight is 314 g/mol. The number of para-hydroxylation sites is 1. The first-order chi connectivity index (χ1) is 11.1. The van der Waals surface area contributed by atoms with Gasteiger partial charge < -0.3 is 14.6 Å². The van der Waals surface area contributed by atoms with Crippen molar-refractivity contribution in [3.8, 4) is 5.69 Å². The standard InChI is InChI=1S/C17H22N4O2/c1-19(2)12-13-6-3-4-7-14(13)20-11-9-18-16(20)15-8-5-10-21(15)17(22)23/h3-4,6-7,9,11,15H,5,8,10,12H2,1-2H3,(H,22,23)/t15-/m0/s1. The Balaban J connectivity index is 2.00. The van der Waals surface area contributed by atoms with Crippen LogP contribution < -0.4 is 0 Å². The minimum absolute atomic E-state index is 0.171. The molecule has 1 aromatic carbocycles. The van der Waals surface area contributed by atoms with E-state index in [0.717, 1.165) is 30.9 Å². The molecule has 1 saturated heterocycles. The van der Waals surface area contributed by atoms with Gasteiger partial charge in [0.2, 0.25) is 0 Å². The van der Waals surface area contributed by atoms with Gasteiger partial charge in [-0.3, -0.25) is 4.90 Å². The Labute approximate surface area is 136 Å². The number of hydrogen-bond acceptors (Lipinski definition) is 3. The summed E-state index contributed by atoms with van der Waals surface area (Å²) < 4.78 is 2.03. The van der Waals surface area contributed by atoms with E-state index in [9.17, 15) is 9.90 Å². The maximum absolute atomic E-state index is 11.4. The average Bonchev–Trinajstić information content (AvgIpc) is 3.15. The number of benzene rings is 1. The molecule has 0 spiro atoms. The number of hydrogen-bond donors (Lipinski definition) is 1. The molecule has 1 aromatic heterocycles. The molecule has 0 aliphatic carbocycles. The number of rotatable bonds is 4. The Hall–Kier alpha value is -2.34. The molecule has 0 bridgehead atoms. The zero-order valence-electron chi connectivity index (χ0n) is 13.5. The van der Waals surface area contributed by atoms with Crippen molar-refractivity contribution in [2.45, 2.75) is 25.4 Å². The van der Waals surface area contributed by atoms with Gasteiger partial charge in [0.15, 0.2) is 0 Å². The molecular formula is C17H22N4O2. The summed E-state index contributed by atoms with van der Waals surface area (Å²) in [5.74, 6) is 0.802. The Morgan fingerprint density at radius 3 is 2.91 bits per heavy atom. The van der Waals surface area contributed by atoms with E-state index in [-0.39, 0.29) is 6.04 Å². The maximum Gasteiger partial charge on any atom is 0.407 e. The van der Waals surface area contributed by atoms with Crippen molar-refractivity contribution in [1.82, 2.24) is 19.4 Å². The molecule has 1 atom stereocenters. The second-order valence-electron chi connectivity index (χ2n) is 6.16. The van der Waals surface area contributed by atoms with Crippen molar-refractivity contribution in [3.63, 3.8) is 0 Å². The minimum Gasteiger partial charge on any atom is -0.465 e. The van der Waals surface area contributed by atoms with E-state index in [1.54, 1.807) is 6.20 Å². The second kappa shape index (κ2) is 6.42. The molecule has 2 heterocycles. The molecule has 1 N–H and O–H groups in total.